The van der Waals surface area contributed by atoms with E-state index in [2.05, 4.69) is 15.1 Å². The Labute approximate surface area is 115 Å². The van der Waals surface area contributed by atoms with Gasteiger partial charge in [-0.1, -0.05) is 11.6 Å². The molecule has 3 N–H and O–H groups in total. The number of carbonyl (C=O) groups excluding carboxylic acids is 1. The van der Waals surface area contributed by atoms with E-state index in [4.69, 9.17) is 10.3 Å². The van der Waals surface area contributed by atoms with Crippen LogP contribution >= 0.6 is 0 Å². The predicted octanol–water partition coefficient (Wildman–Crippen LogP) is 2.07. The Morgan fingerprint density at radius 2 is 2.30 bits per heavy atom. The van der Waals surface area contributed by atoms with Gasteiger partial charge in [0.15, 0.2) is 0 Å². The standard InChI is InChI=1S/C14H16N4O2/c15-12(19)9-5-11(16-6-9)13-17-14(20-18-13)10-4-7-1-2-8(10)3-7/h5-8,10,16H,1-4H2,(H2,15,19). The molecule has 2 aromatic heterocycles. The smallest absolute Gasteiger partial charge is 0.250 e. The van der Waals surface area contributed by atoms with Crippen molar-refractivity contribution in [1.82, 2.24) is 15.1 Å². The number of primary amides is 1. The van der Waals surface area contributed by atoms with E-state index in [1.807, 2.05) is 0 Å². The molecule has 6 nitrogen and oxygen atoms in total. The van der Waals surface area contributed by atoms with Gasteiger partial charge in [-0.15, -0.1) is 0 Å². The van der Waals surface area contributed by atoms with Crippen LogP contribution in [-0.2, 0) is 0 Å². The number of rotatable bonds is 3. The van der Waals surface area contributed by atoms with E-state index in [-0.39, 0.29) is 0 Å². The van der Waals surface area contributed by atoms with Gasteiger partial charge in [0.25, 0.3) is 0 Å². The summed E-state index contributed by atoms with van der Waals surface area (Å²) in [5, 5.41) is 4.02. The average molecular weight is 272 g/mol. The van der Waals surface area contributed by atoms with Gasteiger partial charge >= 0.3 is 0 Å². The molecular weight excluding hydrogens is 256 g/mol. The molecule has 3 atom stereocenters. The van der Waals surface area contributed by atoms with E-state index in [0.717, 1.165) is 11.8 Å². The molecule has 3 unspecified atom stereocenters. The highest BCUT2D eigenvalue weighted by molar-refractivity contribution is 5.93. The molecule has 2 bridgehead atoms. The van der Waals surface area contributed by atoms with Crippen LogP contribution in [0.15, 0.2) is 16.8 Å². The van der Waals surface area contributed by atoms with Crippen LogP contribution in [0.25, 0.3) is 11.5 Å². The highest BCUT2D eigenvalue weighted by Crippen LogP contribution is 2.52. The summed E-state index contributed by atoms with van der Waals surface area (Å²) in [5.74, 6) is 2.73. The first kappa shape index (κ1) is 11.7. The Balaban J connectivity index is 1.60. The van der Waals surface area contributed by atoms with Gasteiger partial charge in [-0.05, 0) is 37.2 Å². The van der Waals surface area contributed by atoms with E-state index in [0.29, 0.717) is 28.9 Å². The van der Waals surface area contributed by atoms with Crippen molar-refractivity contribution in [2.45, 2.75) is 31.6 Å². The molecule has 1 amide bonds. The highest BCUT2D eigenvalue weighted by Gasteiger charge is 2.42. The monoisotopic (exact) mass is 272 g/mol. The summed E-state index contributed by atoms with van der Waals surface area (Å²) in [5.41, 5.74) is 6.31. The van der Waals surface area contributed by atoms with Crippen LogP contribution in [0.1, 0.15) is 47.8 Å². The summed E-state index contributed by atoms with van der Waals surface area (Å²) in [6, 6.07) is 1.65. The zero-order chi connectivity index (χ0) is 13.7. The minimum absolute atomic E-state index is 0.417. The van der Waals surface area contributed by atoms with Gasteiger partial charge in [-0.25, -0.2) is 0 Å². The maximum absolute atomic E-state index is 11.1. The fraction of sp³-hybridized carbons (Fsp3) is 0.500. The first-order valence-corrected chi connectivity index (χ1v) is 7.03. The number of nitrogens with zero attached hydrogens (tertiary/aromatic N) is 2. The second-order valence-electron chi connectivity index (χ2n) is 5.90. The third kappa shape index (κ3) is 1.75. The van der Waals surface area contributed by atoms with Crippen molar-refractivity contribution in [2.24, 2.45) is 17.6 Å². The Kier molecular flexibility index (Phi) is 2.45. The molecule has 2 saturated carbocycles. The summed E-state index contributed by atoms with van der Waals surface area (Å²) in [4.78, 5) is 18.5. The van der Waals surface area contributed by atoms with Crippen molar-refractivity contribution in [3.05, 3.63) is 23.7 Å². The molecule has 0 saturated heterocycles. The molecule has 2 aromatic rings. The predicted molar refractivity (Wildman–Crippen MR) is 70.8 cm³/mol. The van der Waals surface area contributed by atoms with Gasteiger partial charge in [0.1, 0.15) is 0 Å². The third-order valence-electron chi connectivity index (χ3n) is 4.71. The third-order valence-corrected chi connectivity index (χ3v) is 4.71. The molecule has 2 aliphatic rings. The molecule has 0 aliphatic heterocycles. The lowest BCUT2D eigenvalue weighted by atomic mass is 9.89. The van der Waals surface area contributed by atoms with E-state index in [9.17, 15) is 4.79 Å². The number of hydrogen-bond acceptors (Lipinski definition) is 4. The maximum atomic E-state index is 11.1. The molecule has 20 heavy (non-hydrogen) atoms. The number of fused-ring (bicyclic) bond motifs is 2. The lowest BCUT2D eigenvalue weighted by Gasteiger charge is -2.16. The minimum atomic E-state index is -0.468. The quantitative estimate of drug-likeness (QED) is 0.893. The van der Waals surface area contributed by atoms with E-state index >= 15 is 0 Å². The van der Waals surface area contributed by atoms with Gasteiger partial charge in [0, 0.05) is 12.1 Å². The summed E-state index contributed by atoms with van der Waals surface area (Å²) >= 11 is 0. The van der Waals surface area contributed by atoms with E-state index in [1.54, 1.807) is 12.3 Å². The number of carbonyl (C=O) groups is 1. The molecule has 4 rings (SSSR count). The molecule has 6 heteroatoms. The number of aromatic amines is 1. The number of nitrogens with one attached hydrogen (secondary N) is 1. The Morgan fingerprint density at radius 1 is 1.40 bits per heavy atom. The Morgan fingerprint density at radius 3 is 2.95 bits per heavy atom. The maximum Gasteiger partial charge on any atom is 0.250 e. The van der Waals surface area contributed by atoms with Gasteiger partial charge in [-0.2, -0.15) is 4.98 Å². The van der Waals surface area contributed by atoms with Crippen LogP contribution in [0.5, 0.6) is 0 Å². The largest absolute Gasteiger partial charge is 0.366 e. The first-order valence-electron chi connectivity index (χ1n) is 7.03. The van der Waals surface area contributed by atoms with Crippen molar-refractivity contribution in [1.29, 1.82) is 0 Å². The fourth-order valence-corrected chi connectivity index (χ4v) is 3.71. The normalized spacial score (nSPS) is 28.1. The van der Waals surface area contributed by atoms with Crippen LogP contribution in [0, 0.1) is 11.8 Å². The van der Waals surface area contributed by atoms with Crippen molar-refractivity contribution < 1.29 is 9.32 Å². The number of H-pyrrole nitrogens is 1. The number of nitrogens with two attached hydrogens (primary N) is 1. The molecule has 0 radical (unpaired) electrons. The van der Waals surface area contributed by atoms with Crippen LogP contribution in [0.4, 0.5) is 0 Å². The lowest BCUT2D eigenvalue weighted by Crippen LogP contribution is -2.09. The summed E-state index contributed by atoms with van der Waals surface area (Å²) in [6.45, 7) is 0. The van der Waals surface area contributed by atoms with E-state index in [1.165, 1.54) is 25.7 Å². The van der Waals surface area contributed by atoms with Gasteiger partial charge in [0.05, 0.1) is 11.3 Å². The molecule has 2 aliphatic carbocycles. The second-order valence-corrected chi connectivity index (χ2v) is 5.90. The zero-order valence-electron chi connectivity index (χ0n) is 11.0. The SMILES string of the molecule is NC(=O)c1c[nH]c(-c2noc(C3CC4CCC3C4)n2)c1. The lowest BCUT2D eigenvalue weighted by molar-refractivity contribution is 0.100. The number of hydrogen-bond donors (Lipinski definition) is 2. The molecule has 0 aromatic carbocycles. The summed E-state index contributed by atoms with van der Waals surface area (Å²) in [7, 11) is 0. The highest BCUT2D eigenvalue weighted by atomic mass is 16.5. The zero-order valence-corrected chi connectivity index (χ0v) is 11.0. The van der Waals surface area contributed by atoms with Gasteiger partial charge < -0.3 is 15.2 Å². The van der Waals surface area contributed by atoms with Crippen LogP contribution in [0.3, 0.4) is 0 Å². The van der Waals surface area contributed by atoms with Crippen molar-refractivity contribution >= 4 is 5.91 Å². The average Bonchev–Trinajstić information content (AvgIpc) is 3.20. The molecule has 2 fully saturated rings. The second kappa shape index (κ2) is 4.19. The summed E-state index contributed by atoms with van der Waals surface area (Å²) in [6.07, 6.45) is 6.66. The minimum Gasteiger partial charge on any atom is -0.366 e. The first-order chi connectivity index (χ1) is 9.70. The van der Waals surface area contributed by atoms with Crippen molar-refractivity contribution in [2.75, 3.05) is 0 Å². The van der Waals surface area contributed by atoms with Crippen molar-refractivity contribution in [3.63, 3.8) is 0 Å². The molecule has 0 spiro atoms. The number of aromatic nitrogens is 3. The molecular formula is C14H16N4O2. The van der Waals surface area contributed by atoms with Crippen LogP contribution < -0.4 is 5.73 Å². The van der Waals surface area contributed by atoms with Crippen molar-refractivity contribution in [3.8, 4) is 11.5 Å². The van der Waals surface area contributed by atoms with Gasteiger partial charge in [0.2, 0.25) is 17.6 Å². The topological polar surface area (TPSA) is 97.8 Å². The van der Waals surface area contributed by atoms with Crippen LogP contribution in [-0.4, -0.2) is 21.0 Å². The fourth-order valence-electron chi connectivity index (χ4n) is 3.71. The van der Waals surface area contributed by atoms with E-state index < -0.39 is 5.91 Å². The Bertz CT molecular complexity index is 660. The van der Waals surface area contributed by atoms with Gasteiger partial charge in [-0.3, -0.25) is 4.79 Å². The molecule has 104 valence electrons. The Hall–Kier alpha value is -2.11. The summed E-state index contributed by atoms with van der Waals surface area (Å²) < 4.78 is 5.43. The molecule has 2 heterocycles. The van der Waals surface area contributed by atoms with Crippen LogP contribution in [0.2, 0.25) is 0 Å². The number of amides is 1.